The standard InChI is InChI=1S/C30H33N5O3/c1-29(2)17-35(16-21-11-12-31-15-26(21)38-29)25-10-8-18-5-6-19(13-22(18)25)27(30(3,4)28(36)37)20-7-9-23-24(14-20)33-34-32-23/h5-7,9,11-15,25,27H,8,10,16-17H2,1-4H3,(H,36,37)(H,32,33,34)/t25-,27-/m1/s1. The number of ether oxygens (including phenoxy) is 1. The molecule has 2 aliphatic rings. The van der Waals surface area contributed by atoms with Crippen LogP contribution in [0.2, 0.25) is 0 Å². The van der Waals surface area contributed by atoms with Crippen molar-refractivity contribution >= 4 is 17.0 Å². The summed E-state index contributed by atoms with van der Waals surface area (Å²) in [6, 6.07) is 14.7. The number of carboxylic acids is 1. The van der Waals surface area contributed by atoms with Gasteiger partial charge >= 0.3 is 5.97 Å². The number of aryl methyl sites for hydroxylation is 1. The van der Waals surface area contributed by atoms with Gasteiger partial charge in [0.2, 0.25) is 0 Å². The molecule has 8 nitrogen and oxygen atoms in total. The topological polar surface area (TPSA) is 104 Å². The van der Waals surface area contributed by atoms with E-state index >= 15 is 0 Å². The smallest absolute Gasteiger partial charge is 0.310 e. The lowest BCUT2D eigenvalue weighted by atomic mass is 9.70. The Labute approximate surface area is 222 Å². The van der Waals surface area contributed by atoms with Gasteiger partial charge < -0.3 is 9.84 Å². The molecule has 0 amide bonds. The highest BCUT2D eigenvalue weighted by molar-refractivity contribution is 5.78. The third-order valence-corrected chi connectivity index (χ3v) is 8.16. The number of H-pyrrole nitrogens is 1. The second-order valence-electron chi connectivity index (χ2n) is 11.8. The van der Waals surface area contributed by atoms with E-state index < -0.39 is 11.4 Å². The van der Waals surface area contributed by atoms with E-state index in [1.807, 2.05) is 36.7 Å². The van der Waals surface area contributed by atoms with Crippen molar-refractivity contribution in [1.29, 1.82) is 0 Å². The number of fused-ring (bicyclic) bond motifs is 3. The molecule has 1 aliphatic heterocycles. The highest BCUT2D eigenvalue weighted by Crippen LogP contribution is 2.46. The first-order valence-corrected chi connectivity index (χ1v) is 13.2. The van der Waals surface area contributed by atoms with Crippen LogP contribution in [-0.4, -0.2) is 48.5 Å². The molecule has 2 aromatic carbocycles. The zero-order chi connectivity index (χ0) is 26.7. The first-order chi connectivity index (χ1) is 18.1. The molecule has 0 radical (unpaired) electrons. The first-order valence-electron chi connectivity index (χ1n) is 13.2. The molecule has 2 aromatic heterocycles. The van der Waals surface area contributed by atoms with Crippen LogP contribution in [0.1, 0.15) is 73.9 Å². The second kappa shape index (κ2) is 8.91. The molecule has 2 atom stereocenters. The van der Waals surface area contributed by atoms with Crippen LogP contribution < -0.4 is 4.74 Å². The maximum Gasteiger partial charge on any atom is 0.310 e. The third kappa shape index (κ3) is 4.22. The SMILES string of the molecule is CC1(C)CN([C@@H]2CCc3ccc([C@H](c4ccc5[nH]nnc5c4)C(C)(C)C(=O)O)cc32)Cc2ccncc2O1. The number of pyridine rings is 1. The van der Waals surface area contributed by atoms with Gasteiger partial charge in [-0.2, -0.15) is 0 Å². The predicted molar refractivity (Wildman–Crippen MR) is 144 cm³/mol. The molecule has 0 spiro atoms. The Bertz CT molecular complexity index is 1530. The summed E-state index contributed by atoms with van der Waals surface area (Å²) < 4.78 is 6.36. The number of aromatic amines is 1. The molecule has 0 bridgehead atoms. The van der Waals surface area contributed by atoms with Crippen molar-refractivity contribution in [3.05, 3.63) is 82.7 Å². The fourth-order valence-corrected chi connectivity index (χ4v) is 6.29. The van der Waals surface area contributed by atoms with Gasteiger partial charge in [0.25, 0.3) is 0 Å². The number of nitrogens with zero attached hydrogens (tertiary/aromatic N) is 4. The summed E-state index contributed by atoms with van der Waals surface area (Å²) in [4.78, 5) is 19.3. The summed E-state index contributed by atoms with van der Waals surface area (Å²) in [6.45, 7) is 9.42. The third-order valence-electron chi connectivity index (χ3n) is 8.16. The fourth-order valence-electron chi connectivity index (χ4n) is 6.29. The minimum absolute atomic E-state index is 0.221. The Morgan fingerprint density at radius 3 is 2.76 bits per heavy atom. The van der Waals surface area contributed by atoms with Crippen molar-refractivity contribution in [2.75, 3.05) is 6.54 Å². The number of aliphatic carboxylic acids is 1. The van der Waals surface area contributed by atoms with Crippen LogP contribution in [0, 0.1) is 5.41 Å². The van der Waals surface area contributed by atoms with Gasteiger partial charge in [0, 0.05) is 36.8 Å². The van der Waals surface area contributed by atoms with Crippen molar-refractivity contribution in [3.63, 3.8) is 0 Å². The van der Waals surface area contributed by atoms with E-state index in [4.69, 9.17) is 4.74 Å². The van der Waals surface area contributed by atoms with Crippen molar-refractivity contribution < 1.29 is 14.6 Å². The molecule has 0 saturated carbocycles. The van der Waals surface area contributed by atoms with E-state index in [1.54, 1.807) is 13.8 Å². The van der Waals surface area contributed by atoms with Gasteiger partial charge in [-0.05, 0) is 81.0 Å². The van der Waals surface area contributed by atoms with Gasteiger partial charge in [-0.15, -0.1) is 5.10 Å². The van der Waals surface area contributed by atoms with E-state index in [1.165, 1.54) is 11.1 Å². The van der Waals surface area contributed by atoms with Crippen molar-refractivity contribution in [3.8, 4) is 5.75 Å². The fraction of sp³-hybridized carbons (Fsp3) is 0.400. The van der Waals surface area contributed by atoms with Gasteiger partial charge in [-0.25, -0.2) is 0 Å². The van der Waals surface area contributed by atoms with Gasteiger partial charge in [-0.3, -0.25) is 19.8 Å². The summed E-state index contributed by atoms with van der Waals surface area (Å²) in [5.74, 6) is -0.349. The van der Waals surface area contributed by atoms with E-state index in [2.05, 4.69) is 57.3 Å². The monoisotopic (exact) mass is 511 g/mol. The molecule has 4 aromatic rings. The largest absolute Gasteiger partial charge is 0.485 e. The molecule has 38 heavy (non-hydrogen) atoms. The van der Waals surface area contributed by atoms with Crippen LogP contribution in [0.5, 0.6) is 5.75 Å². The molecule has 0 fully saturated rings. The van der Waals surface area contributed by atoms with Gasteiger partial charge in [-0.1, -0.05) is 29.5 Å². The molecule has 3 heterocycles. The number of hydrogen-bond donors (Lipinski definition) is 2. The summed E-state index contributed by atoms with van der Waals surface area (Å²) in [7, 11) is 0. The van der Waals surface area contributed by atoms with Gasteiger partial charge in [0.15, 0.2) is 0 Å². The molecule has 8 heteroatoms. The lowest BCUT2D eigenvalue weighted by Gasteiger charge is -2.35. The highest BCUT2D eigenvalue weighted by atomic mass is 16.5. The van der Waals surface area contributed by atoms with Crippen LogP contribution in [0.25, 0.3) is 11.0 Å². The Hall–Kier alpha value is -3.78. The van der Waals surface area contributed by atoms with E-state index in [-0.39, 0.29) is 17.6 Å². The number of benzene rings is 2. The number of nitrogens with one attached hydrogen (secondary N) is 1. The normalized spacial score (nSPS) is 19.8. The van der Waals surface area contributed by atoms with Crippen molar-refractivity contribution in [1.82, 2.24) is 25.3 Å². The Balaban J connectivity index is 1.42. The van der Waals surface area contributed by atoms with Crippen LogP contribution in [0.3, 0.4) is 0 Å². The zero-order valence-electron chi connectivity index (χ0n) is 22.2. The van der Waals surface area contributed by atoms with E-state index in [9.17, 15) is 9.90 Å². The molecule has 0 unspecified atom stereocenters. The number of rotatable bonds is 5. The number of aromatic nitrogens is 4. The molecule has 6 rings (SSSR count). The molecule has 0 saturated heterocycles. The van der Waals surface area contributed by atoms with Gasteiger partial charge in [0.1, 0.15) is 16.9 Å². The maximum absolute atomic E-state index is 12.5. The predicted octanol–water partition coefficient (Wildman–Crippen LogP) is 5.26. The van der Waals surface area contributed by atoms with Crippen molar-refractivity contribution in [2.45, 2.75) is 64.6 Å². The minimum Gasteiger partial charge on any atom is -0.485 e. The average molecular weight is 512 g/mol. The van der Waals surface area contributed by atoms with Gasteiger partial charge in [0.05, 0.1) is 17.1 Å². The van der Waals surface area contributed by atoms with Crippen LogP contribution >= 0.6 is 0 Å². The van der Waals surface area contributed by atoms with Crippen LogP contribution in [0.4, 0.5) is 0 Å². The minimum atomic E-state index is -1.04. The Kier molecular flexibility index (Phi) is 5.76. The molecule has 196 valence electrons. The average Bonchev–Trinajstić information content (AvgIpc) is 3.47. The number of carboxylic acid groups (broad SMARTS) is 1. The summed E-state index contributed by atoms with van der Waals surface area (Å²) in [5, 5.41) is 21.2. The number of carbonyl (C=O) groups is 1. The van der Waals surface area contributed by atoms with E-state index in [0.29, 0.717) is 0 Å². The lowest BCUT2D eigenvalue weighted by molar-refractivity contribution is -0.147. The summed E-state index contributed by atoms with van der Waals surface area (Å²) >= 11 is 0. The summed E-state index contributed by atoms with van der Waals surface area (Å²) in [5.41, 5.74) is 5.82. The quantitative estimate of drug-likeness (QED) is 0.377. The van der Waals surface area contributed by atoms with Crippen LogP contribution in [0.15, 0.2) is 54.9 Å². The molecular weight excluding hydrogens is 478 g/mol. The van der Waals surface area contributed by atoms with Crippen molar-refractivity contribution in [2.24, 2.45) is 5.41 Å². The second-order valence-corrected chi connectivity index (χ2v) is 11.8. The number of hydrogen-bond acceptors (Lipinski definition) is 6. The molecule has 1 aliphatic carbocycles. The van der Waals surface area contributed by atoms with E-state index in [0.717, 1.165) is 59.4 Å². The van der Waals surface area contributed by atoms with Crippen LogP contribution in [-0.2, 0) is 17.8 Å². The Morgan fingerprint density at radius 1 is 1.16 bits per heavy atom. The zero-order valence-corrected chi connectivity index (χ0v) is 22.2. The first kappa shape index (κ1) is 24.6. The Morgan fingerprint density at radius 2 is 1.95 bits per heavy atom. The summed E-state index contributed by atoms with van der Waals surface area (Å²) in [6.07, 6.45) is 5.65. The maximum atomic E-state index is 12.5. The lowest BCUT2D eigenvalue weighted by Crippen LogP contribution is -2.41. The highest BCUT2D eigenvalue weighted by Gasteiger charge is 2.41. The molecular formula is C30H33N5O3. The molecule has 2 N–H and O–H groups in total.